The molecule has 1 rings (SSSR count). The summed E-state index contributed by atoms with van der Waals surface area (Å²) in [7, 11) is 0. The van der Waals surface area contributed by atoms with E-state index in [1.165, 1.54) is 17.5 Å². The third-order valence-corrected chi connectivity index (χ3v) is 2.24. The molecule has 0 bridgehead atoms. The highest BCUT2D eigenvalue weighted by Crippen LogP contribution is 2.16. The van der Waals surface area contributed by atoms with Gasteiger partial charge in [-0.05, 0) is 43.5 Å². The van der Waals surface area contributed by atoms with Gasteiger partial charge in [0.25, 0.3) is 0 Å². The van der Waals surface area contributed by atoms with Crippen molar-refractivity contribution in [1.29, 1.82) is 0 Å². The molecule has 72 valence electrons. The Labute approximate surface area is 80.7 Å². The summed E-state index contributed by atoms with van der Waals surface area (Å²) in [6, 6.07) is 6.25. The molecule has 0 N–H and O–H groups in total. The summed E-state index contributed by atoms with van der Waals surface area (Å²) >= 11 is 0. The Kier molecular flexibility index (Phi) is 3.81. The van der Waals surface area contributed by atoms with E-state index >= 15 is 0 Å². The minimum Gasteiger partial charge on any atom is -0.494 e. The van der Waals surface area contributed by atoms with Crippen LogP contribution in [0, 0.1) is 13.8 Å². The fourth-order valence-corrected chi connectivity index (χ4v) is 1.14. The van der Waals surface area contributed by atoms with Crippen molar-refractivity contribution in [3.05, 3.63) is 29.3 Å². The van der Waals surface area contributed by atoms with Gasteiger partial charge in [0.1, 0.15) is 5.75 Å². The van der Waals surface area contributed by atoms with Crippen LogP contribution >= 0.6 is 0 Å². The Morgan fingerprint density at radius 3 is 2.54 bits per heavy atom. The van der Waals surface area contributed by atoms with Crippen LogP contribution in [0.4, 0.5) is 0 Å². The average molecular weight is 178 g/mol. The van der Waals surface area contributed by atoms with E-state index in [2.05, 4.69) is 32.9 Å². The summed E-state index contributed by atoms with van der Waals surface area (Å²) < 4.78 is 5.58. The van der Waals surface area contributed by atoms with Gasteiger partial charge in [-0.15, -0.1) is 0 Å². The molecule has 13 heavy (non-hydrogen) atoms. The summed E-state index contributed by atoms with van der Waals surface area (Å²) in [4.78, 5) is 0. The summed E-state index contributed by atoms with van der Waals surface area (Å²) in [5.74, 6) is 0.997. The highest BCUT2D eigenvalue weighted by Gasteiger charge is 1.96. The van der Waals surface area contributed by atoms with Gasteiger partial charge in [0, 0.05) is 0 Å². The quantitative estimate of drug-likeness (QED) is 0.641. The van der Waals surface area contributed by atoms with Crippen molar-refractivity contribution in [1.82, 2.24) is 0 Å². The molecule has 0 heterocycles. The molecule has 0 aliphatic heterocycles. The third kappa shape index (κ3) is 3.10. The summed E-state index contributed by atoms with van der Waals surface area (Å²) in [6.07, 6.45) is 2.32. The van der Waals surface area contributed by atoms with E-state index in [1.54, 1.807) is 0 Å². The molecule has 0 amide bonds. The highest BCUT2D eigenvalue weighted by molar-refractivity contribution is 5.33. The third-order valence-electron chi connectivity index (χ3n) is 2.24. The first-order chi connectivity index (χ1) is 6.24. The van der Waals surface area contributed by atoms with E-state index in [4.69, 9.17) is 4.74 Å². The molecule has 1 aromatic rings. The number of benzene rings is 1. The number of unbranched alkanes of at least 4 members (excludes halogenated alkanes) is 1. The van der Waals surface area contributed by atoms with Crippen molar-refractivity contribution in [3.8, 4) is 5.75 Å². The minimum atomic E-state index is 0.832. The second kappa shape index (κ2) is 4.90. The largest absolute Gasteiger partial charge is 0.494 e. The minimum absolute atomic E-state index is 0.832. The van der Waals surface area contributed by atoms with E-state index < -0.39 is 0 Å². The van der Waals surface area contributed by atoms with Crippen molar-refractivity contribution in [2.24, 2.45) is 0 Å². The standard InChI is InChI=1S/C12H18O/c1-4-5-8-13-12-7-6-10(2)11(3)9-12/h6-7,9H,4-5,8H2,1-3H3. The average Bonchev–Trinajstić information content (AvgIpc) is 2.12. The van der Waals surface area contributed by atoms with Crippen molar-refractivity contribution in [2.45, 2.75) is 33.6 Å². The fraction of sp³-hybridized carbons (Fsp3) is 0.500. The maximum absolute atomic E-state index is 5.58. The summed E-state index contributed by atoms with van der Waals surface area (Å²) in [5.41, 5.74) is 2.62. The van der Waals surface area contributed by atoms with Crippen molar-refractivity contribution in [3.63, 3.8) is 0 Å². The first-order valence-corrected chi connectivity index (χ1v) is 4.94. The van der Waals surface area contributed by atoms with Gasteiger partial charge in [-0.1, -0.05) is 19.4 Å². The van der Waals surface area contributed by atoms with E-state index in [0.29, 0.717) is 0 Å². The lowest BCUT2D eigenvalue weighted by Gasteiger charge is -2.07. The zero-order chi connectivity index (χ0) is 9.68. The van der Waals surface area contributed by atoms with Crippen LogP contribution in [0.15, 0.2) is 18.2 Å². The molecule has 1 aromatic carbocycles. The molecule has 0 unspecified atom stereocenters. The Morgan fingerprint density at radius 2 is 1.92 bits per heavy atom. The lowest BCUT2D eigenvalue weighted by molar-refractivity contribution is 0.309. The second-order valence-corrected chi connectivity index (χ2v) is 3.45. The molecule has 1 heteroatoms. The zero-order valence-electron chi connectivity index (χ0n) is 8.76. The summed E-state index contributed by atoms with van der Waals surface area (Å²) in [6.45, 7) is 7.23. The Morgan fingerprint density at radius 1 is 1.15 bits per heavy atom. The van der Waals surface area contributed by atoms with Crippen LogP contribution in [-0.4, -0.2) is 6.61 Å². The predicted octanol–water partition coefficient (Wildman–Crippen LogP) is 3.48. The van der Waals surface area contributed by atoms with E-state index in [-0.39, 0.29) is 0 Å². The fourth-order valence-electron chi connectivity index (χ4n) is 1.14. The monoisotopic (exact) mass is 178 g/mol. The van der Waals surface area contributed by atoms with Crippen molar-refractivity contribution in [2.75, 3.05) is 6.61 Å². The van der Waals surface area contributed by atoms with Gasteiger partial charge in [0.2, 0.25) is 0 Å². The predicted molar refractivity (Wildman–Crippen MR) is 56.3 cm³/mol. The lowest BCUT2D eigenvalue weighted by Crippen LogP contribution is -1.96. The molecule has 0 fully saturated rings. The van der Waals surface area contributed by atoms with Crippen LogP contribution < -0.4 is 4.74 Å². The molecular formula is C12H18O. The van der Waals surface area contributed by atoms with Crippen LogP contribution in [0.1, 0.15) is 30.9 Å². The van der Waals surface area contributed by atoms with Gasteiger partial charge in [0.05, 0.1) is 6.61 Å². The smallest absolute Gasteiger partial charge is 0.119 e. The van der Waals surface area contributed by atoms with Crippen molar-refractivity contribution >= 4 is 0 Å². The number of ether oxygens (including phenoxy) is 1. The van der Waals surface area contributed by atoms with Gasteiger partial charge in [-0.25, -0.2) is 0 Å². The Hall–Kier alpha value is -0.980. The molecule has 0 aliphatic carbocycles. The van der Waals surface area contributed by atoms with Crippen LogP contribution in [-0.2, 0) is 0 Å². The van der Waals surface area contributed by atoms with E-state index in [0.717, 1.165) is 18.8 Å². The summed E-state index contributed by atoms with van der Waals surface area (Å²) in [5, 5.41) is 0. The Balaban J connectivity index is 2.53. The van der Waals surface area contributed by atoms with Gasteiger partial charge < -0.3 is 4.74 Å². The molecule has 1 nitrogen and oxygen atoms in total. The molecule has 0 saturated heterocycles. The highest BCUT2D eigenvalue weighted by atomic mass is 16.5. The lowest BCUT2D eigenvalue weighted by atomic mass is 10.1. The van der Waals surface area contributed by atoms with Gasteiger partial charge >= 0.3 is 0 Å². The zero-order valence-corrected chi connectivity index (χ0v) is 8.76. The molecule has 0 atom stereocenters. The van der Waals surface area contributed by atoms with Crippen LogP contribution in [0.25, 0.3) is 0 Å². The van der Waals surface area contributed by atoms with Gasteiger partial charge in [-0.2, -0.15) is 0 Å². The maximum atomic E-state index is 5.58. The number of aryl methyl sites for hydroxylation is 2. The molecule has 0 spiro atoms. The first kappa shape index (κ1) is 10.1. The van der Waals surface area contributed by atoms with Crippen LogP contribution in [0.2, 0.25) is 0 Å². The van der Waals surface area contributed by atoms with Crippen molar-refractivity contribution < 1.29 is 4.74 Å². The van der Waals surface area contributed by atoms with Crippen LogP contribution in [0.3, 0.4) is 0 Å². The first-order valence-electron chi connectivity index (χ1n) is 4.94. The molecular weight excluding hydrogens is 160 g/mol. The topological polar surface area (TPSA) is 9.23 Å². The van der Waals surface area contributed by atoms with Crippen LogP contribution in [0.5, 0.6) is 5.75 Å². The van der Waals surface area contributed by atoms with Gasteiger partial charge in [0.15, 0.2) is 0 Å². The Bertz CT molecular complexity index is 266. The molecule has 0 aromatic heterocycles. The molecule has 0 radical (unpaired) electrons. The van der Waals surface area contributed by atoms with E-state index in [1.807, 2.05) is 6.07 Å². The molecule has 0 saturated carbocycles. The SMILES string of the molecule is CCCCOc1ccc(C)c(C)c1. The maximum Gasteiger partial charge on any atom is 0.119 e. The normalized spacial score (nSPS) is 10.1. The molecule has 0 aliphatic rings. The number of hydrogen-bond acceptors (Lipinski definition) is 1. The second-order valence-electron chi connectivity index (χ2n) is 3.45. The number of rotatable bonds is 4. The van der Waals surface area contributed by atoms with Gasteiger partial charge in [-0.3, -0.25) is 0 Å². The van der Waals surface area contributed by atoms with E-state index in [9.17, 15) is 0 Å². The number of hydrogen-bond donors (Lipinski definition) is 0.